The molecule has 6 heteroatoms. The van der Waals surface area contributed by atoms with Gasteiger partial charge in [-0.2, -0.15) is 0 Å². The fraction of sp³-hybridized carbons (Fsp3) is 0.583. The zero-order chi connectivity index (χ0) is 13.2. The molecule has 1 fully saturated rings. The lowest BCUT2D eigenvalue weighted by Gasteiger charge is -2.30. The summed E-state index contributed by atoms with van der Waals surface area (Å²) in [6.07, 6.45) is 2.40. The molecule has 0 amide bonds. The molecule has 1 aliphatic rings. The van der Waals surface area contributed by atoms with Crippen LogP contribution in [0.25, 0.3) is 0 Å². The third-order valence-corrected chi connectivity index (χ3v) is 4.61. The minimum absolute atomic E-state index is 0.0165. The van der Waals surface area contributed by atoms with E-state index in [1.54, 1.807) is 12.3 Å². The van der Waals surface area contributed by atoms with E-state index < -0.39 is 5.67 Å². The molecule has 1 aromatic rings. The lowest BCUT2D eigenvalue weighted by Crippen LogP contribution is -2.37. The number of aromatic nitrogens is 1. The molecule has 0 unspecified atom stereocenters. The first-order chi connectivity index (χ1) is 8.57. The SMILES string of the molecule is OC[C@@H](I)c1cnc(C2(F)CCNCC2)c(Cl)c1. The topological polar surface area (TPSA) is 45.2 Å². The minimum atomic E-state index is -1.43. The second kappa shape index (κ2) is 5.98. The second-order valence-electron chi connectivity index (χ2n) is 4.46. The molecule has 0 spiro atoms. The van der Waals surface area contributed by atoms with Gasteiger partial charge in [0.25, 0.3) is 0 Å². The molecule has 0 saturated carbocycles. The van der Waals surface area contributed by atoms with Crippen LogP contribution in [0.4, 0.5) is 4.39 Å². The Morgan fingerprint density at radius 2 is 2.22 bits per heavy atom. The molecule has 3 nitrogen and oxygen atoms in total. The van der Waals surface area contributed by atoms with Crippen molar-refractivity contribution in [2.45, 2.75) is 22.4 Å². The lowest BCUT2D eigenvalue weighted by molar-refractivity contribution is 0.110. The molecule has 0 radical (unpaired) electrons. The zero-order valence-electron chi connectivity index (χ0n) is 9.80. The van der Waals surface area contributed by atoms with Gasteiger partial charge in [0.2, 0.25) is 0 Å². The first kappa shape index (κ1) is 14.4. The maximum Gasteiger partial charge on any atom is 0.156 e. The highest BCUT2D eigenvalue weighted by atomic mass is 127. The number of halogens is 3. The van der Waals surface area contributed by atoms with E-state index in [2.05, 4.69) is 32.9 Å². The predicted molar refractivity (Wildman–Crippen MR) is 78.0 cm³/mol. The second-order valence-corrected chi connectivity index (χ2v) is 6.38. The van der Waals surface area contributed by atoms with Crippen molar-refractivity contribution < 1.29 is 9.50 Å². The van der Waals surface area contributed by atoms with Crippen LogP contribution in [-0.2, 0) is 5.67 Å². The number of hydrogen-bond donors (Lipinski definition) is 2. The highest BCUT2D eigenvalue weighted by Crippen LogP contribution is 2.38. The van der Waals surface area contributed by atoms with Crippen LogP contribution >= 0.6 is 34.2 Å². The zero-order valence-corrected chi connectivity index (χ0v) is 12.7. The first-order valence-corrected chi connectivity index (χ1v) is 7.49. The molecular weight excluding hydrogens is 370 g/mol. The van der Waals surface area contributed by atoms with Gasteiger partial charge in [-0.25, -0.2) is 4.39 Å². The number of rotatable bonds is 3. The van der Waals surface area contributed by atoms with Crippen LogP contribution in [0.2, 0.25) is 5.02 Å². The van der Waals surface area contributed by atoms with Gasteiger partial charge in [-0.15, -0.1) is 0 Å². The van der Waals surface area contributed by atoms with E-state index in [-0.39, 0.29) is 10.5 Å². The van der Waals surface area contributed by atoms with Crippen LogP contribution < -0.4 is 5.32 Å². The average Bonchev–Trinajstić information content (AvgIpc) is 2.38. The summed E-state index contributed by atoms with van der Waals surface area (Å²) in [4.78, 5) is 4.19. The largest absolute Gasteiger partial charge is 0.395 e. The quantitative estimate of drug-likeness (QED) is 0.622. The molecule has 1 aliphatic heterocycles. The Morgan fingerprint density at radius 1 is 1.56 bits per heavy atom. The van der Waals surface area contributed by atoms with E-state index in [0.717, 1.165) is 5.56 Å². The van der Waals surface area contributed by atoms with Crippen molar-refractivity contribution in [1.82, 2.24) is 10.3 Å². The molecule has 2 heterocycles. The monoisotopic (exact) mass is 384 g/mol. The number of alkyl halides is 2. The molecule has 2 rings (SSSR count). The molecule has 18 heavy (non-hydrogen) atoms. The van der Waals surface area contributed by atoms with Crippen LogP contribution in [0.5, 0.6) is 0 Å². The normalized spacial score (nSPS) is 20.7. The van der Waals surface area contributed by atoms with Crippen LogP contribution in [-0.4, -0.2) is 29.8 Å². The maximum atomic E-state index is 14.7. The van der Waals surface area contributed by atoms with Crippen molar-refractivity contribution in [3.8, 4) is 0 Å². The van der Waals surface area contributed by atoms with Crippen LogP contribution in [0.1, 0.15) is 28.0 Å². The standard InChI is InChI=1S/C12H15ClFIN2O/c13-9-5-8(10(15)7-18)6-17-11(9)12(14)1-3-16-4-2-12/h5-6,10,16,18H,1-4,7H2/t10-/m1/s1. The Balaban J connectivity index is 2.29. The van der Waals surface area contributed by atoms with Gasteiger partial charge < -0.3 is 10.4 Å². The average molecular weight is 385 g/mol. The number of hydrogen-bond acceptors (Lipinski definition) is 3. The van der Waals surface area contributed by atoms with Crippen LogP contribution in [0.15, 0.2) is 12.3 Å². The molecule has 0 bridgehead atoms. The molecule has 0 aromatic carbocycles. The fourth-order valence-corrected chi connectivity index (χ4v) is 2.80. The summed E-state index contributed by atoms with van der Waals surface area (Å²) in [6.45, 7) is 1.30. The molecule has 1 atom stereocenters. The number of piperidine rings is 1. The number of pyridine rings is 1. The third kappa shape index (κ3) is 2.95. The summed E-state index contributed by atoms with van der Waals surface area (Å²) >= 11 is 8.25. The highest BCUT2D eigenvalue weighted by Gasteiger charge is 2.37. The molecule has 100 valence electrons. The van der Waals surface area contributed by atoms with Gasteiger partial charge >= 0.3 is 0 Å². The van der Waals surface area contributed by atoms with E-state index in [1.807, 2.05) is 0 Å². The van der Waals surface area contributed by atoms with Gasteiger partial charge in [-0.05, 0) is 37.6 Å². The van der Waals surface area contributed by atoms with E-state index in [0.29, 0.717) is 36.6 Å². The van der Waals surface area contributed by atoms with Gasteiger partial charge in [0.15, 0.2) is 5.67 Å². The molecule has 1 saturated heterocycles. The highest BCUT2D eigenvalue weighted by molar-refractivity contribution is 14.1. The van der Waals surface area contributed by atoms with E-state index >= 15 is 0 Å². The molecule has 0 aliphatic carbocycles. The van der Waals surface area contributed by atoms with Gasteiger partial charge in [0.1, 0.15) is 0 Å². The number of nitrogens with one attached hydrogen (secondary N) is 1. The Kier molecular flexibility index (Phi) is 4.80. The fourth-order valence-electron chi connectivity index (χ4n) is 2.12. The van der Waals surface area contributed by atoms with Crippen molar-refractivity contribution in [2.24, 2.45) is 0 Å². The Bertz CT molecular complexity index is 427. The van der Waals surface area contributed by atoms with E-state index in [4.69, 9.17) is 16.7 Å². The summed E-state index contributed by atoms with van der Waals surface area (Å²) in [5.41, 5.74) is -0.277. The van der Waals surface area contributed by atoms with Crippen LogP contribution in [0.3, 0.4) is 0 Å². The molecule has 2 N–H and O–H groups in total. The lowest BCUT2D eigenvalue weighted by atomic mass is 9.90. The summed E-state index contributed by atoms with van der Waals surface area (Å²) in [7, 11) is 0. The summed E-state index contributed by atoms with van der Waals surface area (Å²) in [5.74, 6) is 0. The summed E-state index contributed by atoms with van der Waals surface area (Å²) in [6, 6.07) is 1.71. The van der Waals surface area contributed by atoms with Crippen molar-refractivity contribution in [3.05, 3.63) is 28.5 Å². The van der Waals surface area contributed by atoms with Crippen molar-refractivity contribution >= 4 is 34.2 Å². The smallest absolute Gasteiger partial charge is 0.156 e. The van der Waals surface area contributed by atoms with Crippen molar-refractivity contribution in [3.63, 3.8) is 0 Å². The van der Waals surface area contributed by atoms with Crippen molar-refractivity contribution in [2.75, 3.05) is 19.7 Å². The Labute approximate surface area is 124 Å². The van der Waals surface area contributed by atoms with E-state index in [9.17, 15) is 4.39 Å². The number of nitrogens with zero attached hydrogens (tertiary/aromatic N) is 1. The van der Waals surface area contributed by atoms with Crippen LogP contribution in [0, 0.1) is 0 Å². The van der Waals surface area contributed by atoms with E-state index in [1.165, 1.54) is 0 Å². The van der Waals surface area contributed by atoms with Gasteiger partial charge in [0, 0.05) is 6.20 Å². The van der Waals surface area contributed by atoms with Gasteiger partial charge in [-0.3, -0.25) is 4.98 Å². The Hall–Kier alpha value is 0.0200. The predicted octanol–water partition coefficient (Wildman–Crippen LogP) is 2.75. The summed E-state index contributed by atoms with van der Waals surface area (Å²) in [5, 5.41) is 12.6. The van der Waals surface area contributed by atoms with Crippen molar-refractivity contribution in [1.29, 1.82) is 0 Å². The van der Waals surface area contributed by atoms with Gasteiger partial charge in [0.05, 0.1) is 21.2 Å². The molecule has 1 aromatic heterocycles. The maximum absolute atomic E-state index is 14.7. The molecular formula is C12H15ClFIN2O. The first-order valence-electron chi connectivity index (χ1n) is 5.87. The number of aliphatic hydroxyl groups excluding tert-OH is 1. The summed E-state index contributed by atoms with van der Waals surface area (Å²) < 4.78 is 14.7. The number of aliphatic hydroxyl groups is 1. The third-order valence-electron chi connectivity index (χ3n) is 3.20. The minimum Gasteiger partial charge on any atom is -0.395 e. The Morgan fingerprint density at radius 3 is 2.78 bits per heavy atom. The van der Waals surface area contributed by atoms with Gasteiger partial charge in [-0.1, -0.05) is 34.2 Å².